The molecule has 0 atom stereocenters. The van der Waals surface area contributed by atoms with Crippen molar-refractivity contribution >= 4 is 17.4 Å². The van der Waals surface area contributed by atoms with E-state index in [1.54, 1.807) is 18.7 Å². The molecule has 0 radical (unpaired) electrons. The van der Waals surface area contributed by atoms with Crippen LogP contribution in [0.15, 0.2) is 25.0 Å². The summed E-state index contributed by atoms with van der Waals surface area (Å²) in [7, 11) is 0. The minimum atomic E-state index is 0.428. The van der Waals surface area contributed by atoms with Crippen LogP contribution >= 0.6 is 11.6 Å². The molecule has 0 aliphatic carbocycles. The number of nitrogens with one attached hydrogen (secondary N) is 1. The Kier molecular flexibility index (Phi) is 3.08. The minimum Gasteiger partial charge on any atom is -0.368 e. The number of halogens is 1. The average molecular weight is 225 g/mol. The monoisotopic (exact) mass is 224 g/mol. The molecule has 0 amide bonds. The lowest BCUT2D eigenvalue weighted by Crippen LogP contribution is -2.10. The summed E-state index contributed by atoms with van der Waals surface area (Å²) < 4.78 is 1.87. The highest BCUT2D eigenvalue weighted by molar-refractivity contribution is 6.29. The van der Waals surface area contributed by atoms with Gasteiger partial charge in [-0.05, 0) is 0 Å². The van der Waals surface area contributed by atoms with E-state index in [0.717, 1.165) is 13.1 Å². The van der Waals surface area contributed by atoms with Crippen molar-refractivity contribution in [1.82, 2.24) is 24.7 Å². The van der Waals surface area contributed by atoms with Gasteiger partial charge in [0.05, 0.1) is 0 Å². The second kappa shape index (κ2) is 4.70. The van der Waals surface area contributed by atoms with Crippen molar-refractivity contribution in [2.45, 2.75) is 6.54 Å². The highest BCUT2D eigenvalue weighted by Crippen LogP contribution is 2.07. The SMILES string of the molecule is Clc1cc(NCCn2cnnc2)ncn1. The van der Waals surface area contributed by atoms with Crippen LogP contribution in [-0.2, 0) is 6.54 Å². The zero-order valence-corrected chi connectivity index (χ0v) is 8.59. The lowest BCUT2D eigenvalue weighted by Gasteiger charge is -2.04. The van der Waals surface area contributed by atoms with Crippen LogP contribution < -0.4 is 5.32 Å². The molecule has 0 unspecified atom stereocenters. The third-order valence-electron chi connectivity index (χ3n) is 1.78. The summed E-state index contributed by atoms with van der Waals surface area (Å²) in [4.78, 5) is 7.80. The van der Waals surface area contributed by atoms with E-state index in [9.17, 15) is 0 Å². The molecule has 1 N–H and O–H groups in total. The number of anilines is 1. The van der Waals surface area contributed by atoms with E-state index >= 15 is 0 Å². The van der Waals surface area contributed by atoms with E-state index in [2.05, 4.69) is 25.5 Å². The molecule has 2 aromatic heterocycles. The Bertz CT molecular complexity index is 415. The fourth-order valence-electron chi connectivity index (χ4n) is 1.08. The van der Waals surface area contributed by atoms with Gasteiger partial charge in [-0.3, -0.25) is 0 Å². The summed E-state index contributed by atoms with van der Waals surface area (Å²) in [6, 6.07) is 1.67. The van der Waals surface area contributed by atoms with Gasteiger partial charge in [0.15, 0.2) is 0 Å². The molecule has 0 bridgehead atoms. The molecule has 78 valence electrons. The summed E-state index contributed by atoms with van der Waals surface area (Å²) in [5, 5.41) is 10.9. The lowest BCUT2D eigenvalue weighted by atomic mass is 10.5. The Morgan fingerprint density at radius 2 is 2.07 bits per heavy atom. The molecular formula is C8H9ClN6. The normalized spacial score (nSPS) is 10.2. The standard InChI is InChI=1S/C8H9ClN6/c9-7-3-8(12-4-11-7)10-1-2-15-5-13-14-6-15/h3-6H,1-2H2,(H,10,11,12). The second-order valence-electron chi connectivity index (χ2n) is 2.85. The first kappa shape index (κ1) is 9.85. The average Bonchev–Trinajstić information content (AvgIpc) is 2.71. The van der Waals surface area contributed by atoms with Gasteiger partial charge in [-0.2, -0.15) is 0 Å². The molecule has 0 spiro atoms. The Morgan fingerprint density at radius 1 is 1.27 bits per heavy atom. The van der Waals surface area contributed by atoms with E-state index in [0.29, 0.717) is 11.0 Å². The molecule has 2 rings (SSSR count). The fraction of sp³-hybridized carbons (Fsp3) is 0.250. The molecule has 7 heteroatoms. The largest absolute Gasteiger partial charge is 0.368 e. The maximum absolute atomic E-state index is 5.71. The number of nitrogens with zero attached hydrogens (tertiary/aromatic N) is 5. The van der Waals surface area contributed by atoms with Gasteiger partial charge in [-0.25, -0.2) is 9.97 Å². The fourth-order valence-corrected chi connectivity index (χ4v) is 1.23. The van der Waals surface area contributed by atoms with Gasteiger partial charge in [0.25, 0.3) is 0 Å². The zero-order chi connectivity index (χ0) is 10.5. The van der Waals surface area contributed by atoms with E-state index in [-0.39, 0.29) is 0 Å². The van der Waals surface area contributed by atoms with Crippen molar-refractivity contribution in [3.63, 3.8) is 0 Å². The van der Waals surface area contributed by atoms with Crippen molar-refractivity contribution < 1.29 is 0 Å². The van der Waals surface area contributed by atoms with Crippen LogP contribution in [0.4, 0.5) is 5.82 Å². The Labute approximate surface area is 91.3 Å². The summed E-state index contributed by atoms with van der Waals surface area (Å²) in [5.74, 6) is 0.711. The van der Waals surface area contributed by atoms with Gasteiger partial charge >= 0.3 is 0 Å². The van der Waals surface area contributed by atoms with Crippen LogP contribution in [-0.4, -0.2) is 31.3 Å². The molecule has 0 saturated carbocycles. The lowest BCUT2D eigenvalue weighted by molar-refractivity contribution is 0.722. The van der Waals surface area contributed by atoms with Gasteiger partial charge in [0.2, 0.25) is 0 Å². The van der Waals surface area contributed by atoms with Gasteiger partial charge in [0, 0.05) is 19.2 Å². The third-order valence-corrected chi connectivity index (χ3v) is 1.98. The molecule has 0 aliphatic rings. The van der Waals surface area contributed by atoms with Gasteiger partial charge in [-0.15, -0.1) is 10.2 Å². The molecule has 0 aliphatic heterocycles. The predicted octanol–water partition coefficient (Wildman–Crippen LogP) is 0.834. The third kappa shape index (κ3) is 2.88. The molecule has 0 fully saturated rings. The van der Waals surface area contributed by atoms with E-state index in [1.165, 1.54) is 6.33 Å². The second-order valence-corrected chi connectivity index (χ2v) is 3.24. The molecule has 0 aromatic carbocycles. The van der Waals surface area contributed by atoms with Crippen molar-refractivity contribution in [1.29, 1.82) is 0 Å². The van der Waals surface area contributed by atoms with Crippen LogP contribution in [0.5, 0.6) is 0 Å². The highest BCUT2D eigenvalue weighted by Gasteiger charge is 1.95. The summed E-state index contributed by atoms with van der Waals surface area (Å²) >= 11 is 5.71. The van der Waals surface area contributed by atoms with Gasteiger partial charge in [-0.1, -0.05) is 11.6 Å². The number of hydrogen-bond donors (Lipinski definition) is 1. The quantitative estimate of drug-likeness (QED) is 0.780. The van der Waals surface area contributed by atoms with Crippen molar-refractivity contribution in [3.8, 4) is 0 Å². The maximum atomic E-state index is 5.71. The van der Waals surface area contributed by atoms with Crippen LogP contribution in [0.1, 0.15) is 0 Å². The first-order valence-electron chi connectivity index (χ1n) is 4.38. The first-order valence-corrected chi connectivity index (χ1v) is 4.76. The highest BCUT2D eigenvalue weighted by atomic mass is 35.5. The zero-order valence-electron chi connectivity index (χ0n) is 7.84. The molecule has 0 saturated heterocycles. The van der Waals surface area contributed by atoms with E-state index in [1.807, 2.05) is 4.57 Å². The topological polar surface area (TPSA) is 68.5 Å². The summed E-state index contributed by atoms with van der Waals surface area (Å²) in [6.07, 6.45) is 4.74. The smallest absolute Gasteiger partial charge is 0.134 e. The number of aromatic nitrogens is 5. The summed E-state index contributed by atoms with van der Waals surface area (Å²) in [6.45, 7) is 1.50. The number of rotatable bonds is 4. The van der Waals surface area contributed by atoms with Crippen molar-refractivity contribution in [2.24, 2.45) is 0 Å². The van der Waals surface area contributed by atoms with Crippen molar-refractivity contribution in [3.05, 3.63) is 30.2 Å². The number of hydrogen-bond acceptors (Lipinski definition) is 5. The Hall–Kier alpha value is -1.69. The molecule has 2 heterocycles. The van der Waals surface area contributed by atoms with Crippen LogP contribution in [0.3, 0.4) is 0 Å². The Balaban J connectivity index is 1.83. The van der Waals surface area contributed by atoms with E-state index in [4.69, 9.17) is 11.6 Å². The Morgan fingerprint density at radius 3 is 2.80 bits per heavy atom. The van der Waals surface area contributed by atoms with Crippen LogP contribution in [0.25, 0.3) is 0 Å². The predicted molar refractivity (Wildman–Crippen MR) is 55.6 cm³/mol. The molecule has 15 heavy (non-hydrogen) atoms. The summed E-state index contributed by atoms with van der Waals surface area (Å²) in [5.41, 5.74) is 0. The first-order chi connectivity index (χ1) is 7.34. The maximum Gasteiger partial charge on any atom is 0.134 e. The van der Waals surface area contributed by atoms with Crippen molar-refractivity contribution in [2.75, 3.05) is 11.9 Å². The van der Waals surface area contributed by atoms with Gasteiger partial charge < -0.3 is 9.88 Å². The van der Waals surface area contributed by atoms with Crippen LogP contribution in [0.2, 0.25) is 5.15 Å². The molecule has 6 nitrogen and oxygen atoms in total. The van der Waals surface area contributed by atoms with Crippen LogP contribution in [0, 0.1) is 0 Å². The van der Waals surface area contributed by atoms with Gasteiger partial charge in [0.1, 0.15) is 30.0 Å². The minimum absolute atomic E-state index is 0.428. The van der Waals surface area contributed by atoms with E-state index < -0.39 is 0 Å². The molecule has 2 aromatic rings. The molecular weight excluding hydrogens is 216 g/mol.